The Labute approximate surface area is 132 Å². The van der Waals surface area contributed by atoms with Crippen LogP contribution in [0.1, 0.15) is 33.1 Å². The van der Waals surface area contributed by atoms with Gasteiger partial charge in [0.25, 0.3) is 0 Å². The Kier molecular flexibility index (Phi) is 4.81. The van der Waals surface area contributed by atoms with Gasteiger partial charge in [-0.05, 0) is 80.2 Å². The number of piperidine rings is 1. The monoisotopic (exact) mass is 302 g/mol. The molecule has 21 heavy (non-hydrogen) atoms. The third-order valence-corrected chi connectivity index (χ3v) is 5.53. The normalized spacial score (nSPS) is 21.5. The van der Waals surface area contributed by atoms with Crippen LogP contribution >= 0.6 is 11.3 Å². The van der Waals surface area contributed by atoms with Crippen LogP contribution in [0, 0.1) is 5.92 Å². The lowest BCUT2D eigenvalue weighted by atomic mass is 9.91. The van der Waals surface area contributed by atoms with Crippen molar-refractivity contribution < 1.29 is 0 Å². The summed E-state index contributed by atoms with van der Waals surface area (Å²) in [5.41, 5.74) is 1.26. The van der Waals surface area contributed by atoms with Gasteiger partial charge in [-0.3, -0.25) is 0 Å². The number of hydrogen-bond acceptors (Lipinski definition) is 3. The van der Waals surface area contributed by atoms with Crippen molar-refractivity contribution in [3.63, 3.8) is 0 Å². The van der Waals surface area contributed by atoms with Crippen molar-refractivity contribution >= 4 is 27.1 Å². The Morgan fingerprint density at radius 1 is 1.38 bits per heavy atom. The maximum atomic E-state index is 3.73. The fraction of sp³-hybridized carbons (Fsp3) is 0.556. The molecule has 1 saturated heterocycles. The molecular weight excluding hydrogens is 276 g/mol. The average Bonchev–Trinajstić information content (AvgIpc) is 2.95. The van der Waals surface area contributed by atoms with Crippen LogP contribution in [0.5, 0.6) is 0 Å². The zero-order chi connectivity index (χ0) is 14.7. The van der Waals surface area contributed by atoms with Gasteiger partial charge in [-0.1, -0.05) is 6.92 Å². The van der Waals surface area contributed by atoms with Gasteiger partial charge in [-0.25, -0.2) is 0 Å². The van der Waals surface area contributed by atoms with E-state index in [1.807, 2.05) is 11.3 Å². The SMILES string of the molecule is CCCN1CCCC(C(C)Nc2ccc3sccc3c2)C1. The number of nitrogens with one attached hydrogen (secondary N) is 1. The Balaban J connectivity index is 1.63. The number of hydrogen-bond donors (Lipinski definition) is 1. The molecule has 2 aromatic rings. The van der Waals surface area contributed by atoms with E-state index in [-0.39, 0.29) is 0 Å². The van der Waals surface area contributed by atoms with E-state index >= 15 is 0 Å². The highest BCUT2D eigenvalue weighted by Crippen LogP contribution is 2.26. The van der Waals surface area contributed by atoms with Crippen molar-refractivity contribution in [3.05, 3.63) is 29.6 Å². The molecule has 2 nitrogen and oxygen atoms in total. The second-order valence-electron chi connectivity index (χ2n) is 6.31. The van der Waals surface area contributed by atoms with Gasteiger partial charge >= 0.3 is 0 Å². The zero-order valence-electron chi connectivity index (χ0n) is 13.1. The zero-order valence-corrected chi connectivity index (χ0v) is 14.0. The molecule has 0 spiro atoms. The van der Waals surface area contributed by atoms with Crippen molar-refractivity contribution in [2.45, 2.75) is 39.2 Å². The highest BCUT2D eigenvalue weighted by Gasteiger charge is 2.24. The minimum absolute atomic E-state index is 0.542. The van der Waals surface area contributed by atoms with Crippen LogP contribution in [-0.4, -0.2) is 30.6 Å². The van der Waals surface area contributed by atoms with E-state index in [0.29, 0.717) is 6.04 Å². The summed E-state index contributed by atoms with van der Waals surface area (Å²) in [6, 6.07) is 9.50. The van der Waals surface area contributed by atoms with Gasteiger partial charge in [0.1, 0.15) is 0 Å². The van der Waals surface area contributed by atoms with Crippen LogP contribution in [0.3, 0.4) is 0 Å². The molecule has 0 aliphatic carbocycles. The molecule has 1 fully saturated rings. The molecule has 1 N–H and O–H groups in total. The first-order valence-corrected chi connectivity index (χ1v) is 9.10. The first kappa shape index (κ1) is 14.9. The summed E-state index contributed by atoms with van der Waals surface area (Å²) < 4.78 is 1.37. The largest absolute Gasteiger partial charge is 0.382 e. The van der Waals surface area contributed by atoms with Crippen molar-refractivity contribution in [3.8, 4) is 0 Å². The Morgan fingerprint density at radius 2 is 2.29 bits per heavy atom. The van der Waals surface area contributed by atoms with Gasteiger partial charge in [0.2, 0.25) is 0 Å². The Morgan fingerprint density at radius 3 is 3.14 bits per heavy atom. The van der Waals surface area contributed by atoms with Gasteiger partial charge in [0, 0.05) is 23.0 Å². The molecule has 2 heterocycles. The molecule has 0 amide bonds. The fourth-order valence-electron chi connectivity index (χ4n) is 3.46. The summed E-state index contributed by atoms with van der Waals surface area (Å²) in [7, 11) is 0. The standard InChI is InChI=1S/C18H26N2S/c1-3-9-20-10-4-5-16(13-20)14(2)19-17-6-7-18-15(12-17)8-11-21-18/h6-8,11-12,14,16,19H,3-5,9-10,13H2,1-2H3. The second kappa shape index (κ2) is 6.80. The first-order chi connectivity index (χ1) is 10.3. The summed E-state index contributed by atoms with van der Waals surface area (Å²) in [6.07, 6.45) is 3.97. The number of nitrogens with zero attached hydrogens (tertiary/aromatic N) is 1. The summed E-state index contributed by atoms with van der Waals surface area (Å²) >= 11 is 1.81. The number of benzene rings is 1. The lowest BCUT2D eigenvalue weighted by Crippen LogP contribution is -2.42. The fourth-order valence-corrected chi connectivity index (χ4v) is 4.23. The molecule has 1 aromatic heterocycles. The van der Waals surface area contributed by atoms with Crippen LogP contribution in [0.2, 0.25) is 0 Å². The van der Waals surface area contributed by atoms with Crippen LogP contribution in [0.4, 0.5) is 5.69 Å². The smallest absolute Gasteiger partial charge is 0.0349 e. The quantitative estimate of drug-likeness (QED) is 0.851. The summed E-state index contributed by atoms with van der Waals surface area (Å²) in [5, 5.41) is 7.26. The highest BCUT2D eigenvalue weighted by atomic mass is 32.1. The van der Waals surface area contributed by atoms with Crippen molar-refractivity contribution in [2.24, 2.45) is 5.92 Å². The highest BCUT2D eigenvalue weighted by molar-refractivity contribution is 7.17. The summed E-state index contributed by atoms with van der Waals surface area (Å²) in [5.74, 6) is 0.767. The molecule has 3 rings (SSSR count). The van der Waals surface area contributed by atoms with E-state index in [4.69, 9.17) is 0 Å². The second-order valence-corrected chi connectivity index (χ2v) is 7.26. The van der Waals surface area contributed by atoms with E-state index in [0.717, 1.165) is 5.92 Å². The van der Waals surface area contributed by atoms with Crippen LogP contribution in [0.15, 0.2) is 29.6 Å². The molecule has 0 saturated carbocycles. The molecule has 2 unspecified atom stereocenters. The minimum atomic E-state index is 0.542. The topological polar surface area (TPSA) is 15.3 Å². The predicted molar refractivity (Wildman–Crippen MR) is 94.4 cm³/mol. The van der Waals surface area contributed by atoms with E-state index in [9.17, 15) is 0 Å². The van der Waals surface area contributed by atoms with E-state index < -0.39 is 0 Å². The molecule has 2 atom stereocenters. The van der Waals surface area contributed by atoms with Gasteiger partial charge in [-0.2, -0.15) is 0 Å². The van der Waals surface area contributed by atoms with Crippen LogP contribution < -0.4 is 5.32 Å². The third-order valence-electron chi connectivity index (χ3n) is 4.64. The van der Waals surface area contributed by atoms with Gasteiger partial charge in [-0.15, -0.1) is 11.3 Å². The average molecular weight is 302 g/mol. The maximum absolute atomic E-state index is 3.73. The lowest BCUT2D eigenvalue weighted by molar-refractivity contribution is 0.165. The van der Waals surface area contributed by atoms with Gasteiger partial charge in [0.15, 0.2) is 0 Å². The molecule has 1 aliphatic rings. The van der Waals surface area contributed by atoms with Crippen LogP contribution in [0.25, 0.3) is 10.1 Å². The molecule has 114 valence electrons. The van der Waals surface area contributed by atoms with Crippen molar-refractivity contribution in [1.82, 2.24) is 4.90 Å². The number of likely N-dealkylation sites (tertiary alicyclic amines) is 1. The van der Waals surface area contributed by atoms with Crippen molar-refractivity contribution in [2.75, 3.05) is 25.0 Å². The summed E-state index contributed by atoms with van der Waals surface area (Å²) in [4.78, 5) is 2.63. The van der Waals surface area contributed by atoms with Gasteiger partial charge in [0.05, 0.1) is 0 Å². The molecule has 0 radical (unpaired) electrons. The van der Waals surface area contributed by atoms with Crippen LogP contribution in [-0.2, 0) is 0 Å². The predicted octanol–water partition coefficient (Wildman–Crippen LogP) is 4.82. The lowest BCUT2D eigenvalue weighted by Gasteiger charge is -2.36. The van der Waals surface area contributed by atoms with E-state index in [2.05, 4.69) is 53.7 Å². The Hall–Kier alpha value is -1.06. The molecular formula is C18H26N2S. The number of rotatable bonds is 5. The minimum Gasteiger partial charge on any atom is -0.382 e. The number of anilines is 1. The number of thiophene rings is 1. The Bertz CT molecular complexity index is 575. The van der Waals surface area contributed by atoms with E-state index in [1.165, 1.54) is 54.7 Å². The molecule has 3 heteroatoms. The molecule has 1 aromatic carbocycles. The molecule has 1 aliphatic heterocycles. The van der Waals surface area contributed by atoms with Gasteiger partial charge < -0.3 is 10.2 Å². The maximum Gasteiger partial charge on any atom is 0.0349 e. The molecule has 0 bridgehead atoms. The van der Waals surface area contributed by atoms with Crippen molar-refractivity contribution in [1.29, 1.82) is 0 Å². The number of fused-ring (bicyclic) bond motifs is 1. The third kappa shape index (κ3) is 3.58. The summed E-state index contributed by atoms with van der Waals surface area (Å²) in [6.45, 7) is 8.42. The van der Waals surface area contributed by atoms with E-state index in [1.54, 1.807) is 0 Å². The first-order valence-electron chi connectivity index (χ1n) is 8.22.